The zero-order chi connectivity index (χ0) is 8.43. The molecule has 0 aliphatic carbocycles. The molecule has 0 saturated carbocycles. The highest BCUT2D eigenvalue weighted by Gasteiger charge is 2.07. The van der Waals surface area contributed by atoms with Crippen molar-refractivity contribution in [2.75, 3.05) is 0 Å². The first-order valence-electron chi connectivity index (χ1n) is 3.16. The Morgan fingerprint density at radius 2 is 2.00 bits per heavy atom. The van der Waals surface area contributed by atoms with Gasteiger partial charge in [0.15, 0.2) is 0 Å². The summed E-state index contributed by atoms with van der Waals surface area (Å²) in [5.74, 6) is 0. The van der Waals surface area contributed by atoms with Gasteiger partial charge in [0.1, 0.15) is 4.84 Å². The fourth-order valence-electron chi connectivity index (χ4n) is 0.861. The van der Waals surface area contributed by atoms with E-state index in [-0.39, 0.29) is 0 Å². The molecule has 0 atom stereocenters. The third-order valence-electron chi connectivity index (χ3n) is 1.54. The molecule has 0 amide bonds. The van der Waals surface area contributed by atoms with Crippen LogP contribution in [-0.4, -0.2) is 0 Å². The Hall–Kier alpha value is 0.530. The lowest BCUT2D eigenvalue weighted by Crippen LogP contribution is -1.89. The third kappa shape index (κ3) is 2.23. The van der Waals surface area contributed by atoms with Gasteiger partial charge >= 0.3 is 0 Å². The van der Waals surface area contributed by atoms with Crippen molar-refractivity contribution >= 4 is 45.8 Å². The predicted octanol–water partition coefficient (Wildman–Crippen LogP) is 4.08. The summed E-state index contributed by atoms with van der Waals surface area (Å²) in [4.78, 5) is -0.412. The minimum atomic E-state index is -0.412. The van der Waals surface area contributed by atoms with E-state index < -0.39 is 4.84 Å². The normalized spacial score (nSPS) is 10.6. The van der Waals surface area contributed by atoms with Gasteiger partial charge in [-0.15, -0.1) is 23.2 Å². The monoisotopic (exact) mass is 300 g/mol. The molecule has 11 heavy (non-hydrogen) atoms. The zero-order valence-electron chi connectivity index (χ0n) is 5.94. The van der Waals surface area contributed by atoms with E-state index in [2.05, 4.69) is 22.6 Å². The van der Waals surface area contributed by atoms with Crippen LogP contribution in [0.25, 0.3) is 0 Å². The molecule has 0 aliphatic rings. The zero-order valence-corrected chi connectivity index (χ0v) is 9.61. The minimum absolute atomic E-state index is 0.412. The maximum absolute atomic E-state index is 5.74. The highest BCUT2D eigenvalue weighted by molar-refractivity contribution is 14.1. The second-order valence-corrected chi connectivity index (χ2v) is 4.51. The lowest BCUT2D eigenvalue weighted by molar-refractivity contribution is 1.25. The number of hydrogen-bond donors (Lipinski definition) is 0. The van der Waals surface area contributed by atoms with E-state index >= 15 is 0 Å². The summed E-state index contributed by atoms with van der Waals surface area (Å²) in [7, 11) is 0. The quantitative estimate of drug-likeness (QED) is 0.542. The maximum Gasteiger partial charge on any atom is 0.133 e. The van der Waals surface area contributed by atoms with Crippen LogP contribution >= 0.6 is 45.8 Å². The molecule has 0 spiro atoms. The molecule has 0 aromatic heterocycles. The lowest BCUT2D eigenvalue weighted by Gasteiger charge is -2.06. The minimum Gasteiger partial charge on any atom is -0.100 e. The molecule has 0 nitrogen and oxygen atoms in total. The Morgan fingerprint density at radius 1 is 1.36 bits per heavy atom. The molecule has 0 saturated heterocycles. The average Bonchev–Trinajstić information content (AvgIpc) is 1.94. The second kappa shape index (κ2) is 3.97. The molecular weight excluding hydrogens is 294 g/mol. The summed E-state index contributed by atoms with van der Waals surface area (Å²) in [6.45, 7) is 2.02. The number of rotatable bonds is 1. The maximum atomic E-state index is 5.74. The Labute approximate surface area is 90.0 Å². The van der Waals surface area contributed by atoms with Gasteiger partial charge in [-0.3, -0.25) is 0 Å². The van der Waals surface area contributed by atoms with Crippen LogP contribution in [0.15, 0.2) is 18.2 Å². The van der Waals surface area contributed by atoms with Gasteiger partial charge in [-0.25, -0.2) is 0 Å². The van der Waals surface area contributed by atoms with Crippen LogP contribution in [0, 0.1) is 10.5 Å². The highest BCUT2D eigenvalue weighted by atomic mass is 127. The molecule has 1 aromatic rings. The van der Waals surface area contributed by atoms with Crippen LogP contribution in [0.1, 0.15) is 16.0 Å². The van der Waals surface area contributed by atoms with Crippen molar-refractivity contribution in [2.45, 2.75) is 11.8 Å². The number of benzene rings is 1. The van der Waals surface area contributed by atoms with Gasteiger partial charge in [-0.1, -0.05) is 12.1 Å². The van der Waals surface area contributed by atoms with Crippen LogP contribution < -0.4 is 0 Å². The molecule has 0 unspecified atom stereocenters. The van der Waals surface area contributed by atoms with Crippen LogP contribution in [-0.2, 0) is 0 Å². The standard InChI is InChI=1S/C8H7Cl2I/c1-5-6(8(9)10)3-2-4-7(5)11/h2-4,8H,1H3. The smallest absolute Gasteiger partial charge is 0.100 e. The van der Waals surface area contributed by atoms with Crippen molar-refractivity contribution in [2.24, 2.45) is 0 Å². The SMILES string of the molecule is Cc1c(I)cccc1C(Cl)Cl. The molecule has 0 heterocycles. The van der Waals surface area contributed by atoms with E-state index in [1.54, 1.807) is 0 Å². The first-order valence-corrected chi connectivity index (χ1v) is 5.11. The van der Waals surface area contributed by atoms with Crippen LogP contribution in [0.2, 0.25) is 0 Å². The van der Waals surface area contributed by atoms with Crippen LogP contribution in [0.4, 0.5) is 0 Å². The molecule has 0 fully saturated rings. The van der Waals surface area contributed by atoms with E-state index in [4.69, 9.17) is 23.2 Å². The molecule has 60 valence electrons. The van der Waals surface area contributed by atoms with Gasteiger partial charge in [-0.05, 0) is 46.7 Å². The summed E-state index contributed by atoms with van der Waals surface area (Å²) in [5.41, 5.74) is 2.17. The molecule has 0 N–H and O–H groups in total. The fraction of sp³-hybridized carbons (Fsp3) is 0.250. The highest BCUT2D eigenvalue weighted by Crippen LogP contribution is 2.29. The summed E-state index contributed by atoms with van der Waals surface area (Å²) >= 11 is 13.8. The van der Waals surface area contributed by atoms with Gasteiger partial charge in [-0.2, -0.15) is 0 Å². The van der Waals surface area contributed by atoms with E-state index in [0.717, 1.165) is 5.56 Å². The third-order valence-corrected chi connectivity index (χ3v) is 3.18. The van der Waals surface area contributed by atoms with Crippen LogP contribution in [0.5, 0.6) is 0 Å². The number of hydrogen-bond acceptors (Lipinski definition) is 0. The first-order chi connectivity index (χ1) is 5.13. The Kier molecular flexibility index (Phi) is 3.47. The van der Waals surface area contributed by atoms with Crippen molar-refractivity contribution in [1.29, 1.82) is 0 Å². The number of alkyl halides is 2. The largest absolute Gasteiger partial charge is 0.133 e. The van der Waals surface area contributed by atoms with Gasteiger partial charge in [0.05, 0.1) is 0 Å². The molecule has 0 radical (unpaired) electrons. The second-order valence-electron chi connectivity index (χ2n) is 2.25. The first kappa shape index (κ1) is 9.62. The Bertz CT molecular complexity index is 258. The van der Waals surface area contributed by atoms with Crippen molar-refractivity contribution < 1.29 is 0 Å². The van der Waals surface area contributed by atoms with Crippen LogP contribution in [0.3, 0.4) is 0 Å². The van der Waals surface area contributed by atoms with E-state index in [1.807, 2.05) is 25.1 Å². The van der Waals surface area contributed by atoms with Crippen molar-refractivity contribution in [3.8, 4) is 0 Å². The summed E-state index contributed by atoms with van der Waals surface area (Å²) in [5, 5.41) is 0. The van der Waals surface area contributed by atoms with Gasteiger partial charge in [0.2, 0.25) is 0 Å². The van der Waals surface area contributed by atoms with Crippen molar-refractivity contribution in [3.05, 3.63) is 32.9 Å². The molecule has 0 aliphatic heterocycles. The van der Waals surface area contributed by atoms with E-state index in [1.165, 1.54) is 9.13 Å². The van der Waals surface area contributed by atoms with Crippen molar-refractivity contribution in [3.63, 3.8) is 0 Å². The molecule has 1 aromatic carbocycles. The average molecular weight is 301 g/mol. The topological polar surface area (TPSA) is 0 Å². The molecule has 0 bridgehead atoms. The summed E-state index contributed by atoms with van der Waals surface area (Å²) < 4.78 is 1.20. The van der Waals surface area contributed by atoms with Gasteiger partial charge in [0, 0.05) is 3.57 Å². The molecular formula is C8H7Cl2I. The summed E-state index contributed by atoms with van der Waals surface area (Å²) in [6, 6.07) is 5.94. The van der Waals surface area contributed by atoms with E-state index in [9.17, 15) is 0 Å². The molecule has 1 rings (SSSR count). The molecule has 3 heteroatoms. The van der Waals surface area contributed by atoms with Crippen molar-refractivity contribution in [1.82, 2.24) is 0 Å². The number of halogens is 3. The Morgan fingerprint density at radius 3 is 2.45 bits per heavy atom. The Balaban J connectivity index is 3.17. The fourth-order valence-corrected chi connectivity index (χ4v) is 1.85. The summed E-state index contributed by atoms with van der Waals surface area (Å²) in [6.07, 6.45) is 0. The van der Waals surface area contributed by atoms with E-state index in [0.29, 0.717) is 0 Å². The van der Waals surface area contributed by atoms with Gasteiger partial charge in [0.25, 0.3) is 0 Å². The van der Waals surface area contributed by atoms with Gasteiger partial charge < -0.3 is 0 Å². The predicted molar refractivity (Wildman–Crippen MR) is 58.3 cm³/mol. The lowest BCUT2D eigenvalue weighted by atomic mass is 10.1.